The maximum Gasteiger partial charge on any atom is 0.250 e. The van der Waals surface area contributed by atoms with Gasteiger partial charge < -0.3 is 10.0 Å². The van der Waals surface area contributed by atoms with Gasteiger partial charge in [0, 0.05) is 32.5 Å². The van der Waals surface area contributed by atoms with Gasteiger partial charge in [-0.25, -0.2) is 8.78 Å². The van der Waals surface area contributed by atoms with E-state index in [1.807, 2.05) is 4.90 Å². The number of likely N-dealkylation sites (tertiary alicyclic amines) is 1. The van der Waals surface area contributed by atoms with Gasteiger partial charge in [-0.1, -0.05) is 0 Å². The molecule has 1 heterocycles. The van der Waals surface area contributed by atoms with Gasteiger partial charge in [-0.05, 0) is 6.92 Å². The number of halogens is 2. The Labute approximate surface area is 71.2 Å². The van der Waals surface area contributed by atoms with Crippen LogP contribution in [0.25, 0.3) is 0 Å². The van der Waals surface area contributed by atoms with Crippen LogP contribution in [0.3, 0.4) is 0 Å². The zero-order valence-corrected chi connectivity index (χ0v) is 7.26. The summed E-state index contributed by atoms with van der Waals surface area (Å²) >= 11 is 0. The number of rotatable bonds is 2. The lowest BCUT2D eigenvalue weighted by atomic mass is 10.1. The van der Waals surface area contributed by atoms with Crippen molar-refractivity contribution in [3.05, 3.63) is 0 Å². The van der Waals surface area contributed by atoms with E-state index >= 15 is 0 Å². The normalized spacial score (nSPS) is 27.0. The first kappa shape index (κ1) is 9.86. The molecule has 0 amide bonds. The second-order valence-electron chi connectivity index (χ2n) is 3.51. The average Bonchev–Trinajstić information content (AvgIpc) is 1.93. The third-order valence-corrected chi connectivity index (χ3v) is 2.11. The Morgan fingerprint density at radius 1 is 1.42 bits per heavy atom. The first-order valence-electron chi connectivity index (χ1n) is 4.28. The molecule has 72 valence electrons. The minimum atomic E-state index is -2.48. The van der Waals surface area contributed by atoms with Crippen LogP contribution in [0.15, 0.2) is 0 Å². The molecule has 0 saturated carbocycles. The van der Waals surface area contributed by atoms with Gasteiger partial charge in [0.1, 0.15) is 0 Å². The molecule has 1 saturated heterocycles. The van der Waals surface area contributed by atoms with E-state index in [0.29, 0.717) is 19.6 Å². The standard InChI is InChI=1S/C8H15F2NO/c1-7(12)6-11-4-2-8(9,10)3-5-11/h7,12H,2-6H2,1H3/t7-/m0/s1. The molecule has 0 aromatic carbocycles. The van der Waals surface area contributed by atoms with E-state index < -0.39 is 12.0 Å². The fourth-order valence-corrected chi connectivity index (χ4v) is 1.44. The molecule has 0 aliphatic carbocycles. The van der Waals surface area contributed by atoms with Gasteiger partial charge in [0.2, 0.25) is 0 Å². The first-order valence-corrected chi connectivity index (χ1v) is 4.28. The Morgan fingerprint density at radius 2 is 1.92 bits per heavy atom. The van der Waals surface area contributed by atoms with Crippen LogP contribution in [0.1, 0.15) is 19.8 Å². The summed E-state index contributed by atoms with van der Waals surface area (Å²) in [5, 5.41) is 9.01. The van der Waals surface area contributed by atoms with Crippen LogP contribution in [0.5, 0.6) is 0 Å². The minimum absolute atomic E-state index is 0.0697. The fourth-order valence-electron chi connectivity index (χ4n) is 1.44. The lowest BCUT2D eigenvalue weighted by Crippen LogP contribution is -2.42. The van der Waals surface area contributed by atoms with E-state index in [9.17, 15) is 8.78 Å². The molecule has 1 fully saturated rings. The summed E-state index contributed by atoms with van der Waals surface area (Å²) in [4.78, 5) is 1.88. The maximum absolute atomic E-state index is 12.6. The SMILES string of the molecule is C[C@H](O)CN1CCC(F)(F)CC1. The molecule has 0 radical (unpaired) electrons. The van der Waals surface area contributed by atoms with Crippen LogP contribution in [-0.2, 0) is 0 Å². The average molecular weight is 179 g/mol. The molecule has 1 aliphatic heterocycles. The maximum atomic E-state index is 12.6. The third-order valence-electron chi connectivity index (χ3n) is 2.11. The quantitative estimate of drug-likeness (QED) is 0.686. The third kappa shape index (κ3) is 3.03. The number of β-amino-alcohol motifs (C(OH)–C–C–N with tert-alkyl or cyclic N) is 1. The van der Waals surface area contributed by atoms with Gasteiger partial charge in [0.15, 0.2) is 0 Å². The summed E-state index contributed by atoms with van der Waals surface area (Å²) in [6, 6.07) is 0. The monoisotopic (exact) mass is 179 g/mol. The van der Waals surface area contributed by atoms with Crippen molar-refractivity contribution in [2.75, 3.05) is 19.6 Å². The second-order valence-corrected chi connectivity index (χ2v) is 3.51. The molecule has 0 aromatic rings. The Morgan fingerprint density at radius 3 is 2.33 bits per heavy atom. The highest BCUT2D eigenvalue weighted by Crippen LogP contribution is 2.27. The van der Waals surface area contributed by atoms with Crippen LogP contribution in [0, 0.1) is 0 Å². The van der Waals surface area contributed by atoms with Crippen LogP contribution in [0.2, 0.25) is 0 Å². The van der Waals surface area contributed by atoms with Gasteiger partial charge >= 0.3 is 0 Å². The number of nitrogens with zero attached hydrogens (tertiary/aromatic N) is 1. The smallest absolute Gasteiger partial charge is 0.250 e. The van der Waals surface area contributed by atoms with Crippen LogP contribution in [0.4, 0.5) is 8.78 Å². The molecule has 4 heteroatoms. The number of aliphatic hydroxyl groups is 1. The van der Waals surface area contributed by atoms with Gasteiger partial charge in [0.25, 0.3) is 5.92 Å². The molecule has 1 aliphatic rings. The summed E-state index contributed by atoms with van der Waals surface area (Å²) in [6.45, 7) is 2.98. The predicted molar refractivity (Wildman–Crippen MR) is 42.3 cm³/mol. The zero-order valence-electron chi connectivity index (χ0n) is 7.26. The van der Waals surface area contributed by atoms with Crippen molar-refractivity contribution >= 4 is 0 Å². The fraction of sp³-hybridized carbons (Fsp3) is 1.00. The Hall–Kier alpha value is -0.220. The highest BCUT2D eigenvalue weighted by atomic mass is 19.3. The molecular formula is C8H15F2NO. The summed E-state index contributed by atoms with van der Waals surface area (Å²) in [6.07, 6.45) is -0.559. The molecule has 2 nitrogen and oxygen atoms in total. The van der Waals surface area contributed by atoms with E-state index in [-0.39, 0.29) is 12.8 Å². The van der Waals surface area contributed by atoms with Gasteiger partial charge in [-0.3, -0.25) is 0 Å². The highest BCUT2D eigenvalue weighted by Gasteiger charge is 2.33. The Bertz CT molecular complexity index is 140. The summed E-state index contributed by atoms with van der Waals surface area (Å²) in [5.74, 6) is -2.48. The van der Waals surface area contributed by atoms with Crippen molar-refractivity contribution in [1.82, 2.24) is 4.90 Å². The molecule has 0 aromatic heterocycles. The number of hydrogen-bond acceptors (Lipinski definition) is 2. The van der Waals surface area contributed by atoms with E-state index in [1.165, 1.54) is 0 Å². The van der Waals surface area contributed by atoms with Crippen molar-refractivity contribution in [2.45, 2.75) is 31.8 Å². The second kappa shape index (κ2) is 3.66. The van der Waals surface area contributed by atoms with Crippen LogP contribution >= 0.6 is 0 Å². The first-order chi connectivity index (χ1) is 5.49. The highest BCUT2D eigenvalue weighted by molar-refractivity contribution is 4.77. The largest absolute Gasteiger partial charge is 0.392 e. The van der Waals surface area contributed by atoms with Crippen molar-refractivity contribution in [2.24, 2.45) is 0 Å². The molecule has 12 heavy (non-hydrogen) atoms. The van der Waals surface area contributed by atoms with Crippen molar-refractivity contribution in [3.8, 4) is 0 Å². The zero-order chi connectivity index (χ0) is 9.19. The molecule has 0 bridgehead atoms. The van der Waals surface area contributed by atoms with Crippen molar-refractivity contribution in [1.29, 1.82) is 0 Å². The van der Waals surface area contributed by atoms with Crippen LogP contribution < -0.4 is 0 Å². The number of hydrogen-bond donors (Lipinski definition) is 1. The number of piperidine rings is 1. The summed E-state index contributed by atoms with van der Waals surface area (Å²) in [7, 11) is 0. The van der Waals surface area contributed by atoms with E-state index in [4.69, 9.17) is 5.11 Å². The Kier molecular flexibility index (Phi) is 3.01. The number of alkyl halides is 2. The summed E-state index contributed by atoms with van der Waals surface area (Å²) < 4.78 is 25.3. The van der Waals surface area contributed by atoms with E-state index in [0.717, 1.165) is 0 Å². The van der Waals surface area contributed by atoms with Gasteiger partial charge in [-0.2, -0.15) is 0 Å². The molecule has 0 spiro atoms. The van der Waals surface area contributed by atoms with Gasteiger partial charge in [-0.15, -0.1) is 0 Å². The van der Waals surface area contributed by atoms with Crippen molar-refractivity contribution in [3.63, 3.8) is 0 Å². The molecule has 0 unspecified atom stereocenters. The lowest BCUT2D eigenvalue weighted by molar-refractivity contribution is -0.0602. The molecule has 1 N–H and O–H groups in total. The lowest BCUT2D eigenvalue weighted by Gasteiger charge is -2.32. The van der Waals surface area contributed by atoms with Crippen LogP contribution in [-0.4, -0.2) is 41.7 Å². The summed E-state index contributed by atoms with van der Waals surface area (Å²) in [5.41, 5.74) is 0. The predicted octanol–water partition coefficient (Wildman–Crippen LogP) is 1.10. The van der Waals surface area contributed by atoms with Crippen molar-refractivity contribution < 1.29 is 13.9 Å². The molecule has 1 atom stereocenters. The topological polar surface area (TPSA) is 23.5 Å². The van der Waals surface area contributed by atoms with E-state index in [1.54, 1.807) is 6.92 Å². The van der Waals surface area contributed by atoms with Gasteiger partial charge in [0.05, 0.1) is 6.10 Å². The minimum Gasteiger partial charge on any atom is -0.392 e. The Balaban J connectivity index is 2.27. The van der Waals surface area contributed by atoms with E-state index in [2.05, 4.69) is 0 Å². The molecular weight excluding hydrogens is 164 g/mol. The molecule has 1 rings (SSSR count). The number of aliphatic hydroxyl groups excluding tert-OH is 1.